The smallest absolute Gasteiger partial charge is 0.257 e. The molecular weight excluding hydrogens is 256 g/mol. The van der Waals surface area contributed by atoms with E-state index in [1.807, 2.05) is 0 Å². The van der Waals surface area contributed by atoms with Crippen LogP contribution in [0.5, 0.6) is 5.75 Å². The number of anilines is 1. The van der Waals surface area contributed by atoms with Gasteiger partial charge in [-0.25, -0.2) is 0 Å². The first-order valence-electron chi connectivity index (χ1n) is 6.84. The van der Waals surface area contributed by atoms with Crippen molar-refractivity contribution in [2.24, 2.45) is 5.92 Å². The van der Waals surface area contributed by atoms with E-state index in [-0.39, 0.29) is 5.91 Å². The van der Waals surface area contributed by atoms with Crippen LogP contribution in [-0.2, 0) is 4.74 Å². The Morgan fingerprint density at radius 2 is 2.15 bits per heavy atom. The lowest BCUT2D eigenvalue weighted by molar-refractivity contribution is 0.0923. The molecule has 0 spiro atoms. The van der Waals surface area contributed by atoms with Crippen LogP contribution in [0, 0.1) is 5.92 Å². The number of hydrogen-bond donors (Lipinski definition) is 2. The van der Waals surface area contributed by atoms with Gasteiger partial charge in [0.2, 0.25) is 0 Å². The number of rotatable bonds is 8. The molecule has 0 atom stereocenters. The van der Waals surface area contributed by atoms with Crippen molar-refractivity contribution in [1.29, 1.82) is 0 Å². The van der Waals surface area contributed by atoms with E-state index >= 15 is 0 Å². The Morgan fingerprint density at radius 1 is 1.40 bits per heavy atom. The summed E-state index contributed by atoms with van der Waals surface area (Å²) in [5.74, 6) is 0.792. The van der Waals surface area contributed by atoms with E-state index in [1.54, 1.807) is 18.2 Å². The molecule has 0 unspecified atom stereocenters. The summed E-state index contributed by atoms with van der Waals surface area (Å²) in [5, 5.41) is 2.82. The van der Waals surface area contributed by atoms with Crippen LogP contribution in [0.1, 0.15) is 30.6 Å². The molecular formula is C15H24N2O3. The lowest BCUT2D eigenvalue weighted by Gasteiger charge is -2.11. The van der Waals surface area contributed by atoms with Gasteiger partial charge in [0.1, 0.15) is 11.3 Å². The van der Waals surface area contributed by atoms with Crippen molar-refractivity contribution in [2.75, 3.05) is 32.6 Å². The van der Waals surface area contributed by atoms with E-state index in [0.29, 0.717) is 36.1 Å². The molecule has 20 heavy (non-hydrogen) atoms. The van der Waals surface area contributed by atoms with Crippen molar-refractivity contribution in [2.45, 2.75) is 20.3 Å². The summed E-state index contributed by atoms with van der Waals surface area (Å²) in [7, 11) is 1.52. The maximum Gasteiger partial charge on any atom is 0.257 e. The highest BCUT2D eigenvalue weighted by atomic mass is 16.5. The number of amides is 1. The van der Waals surface area contributed by atoms with Crippen molar-refractivity contribution >= 4 is 11.6 Å². The van der Waals surface area contributed by atoms with E-state index in [9.17, 15) is 4.79 Å². The van der Waals surface area contributed by atoms with E-state index in [0.717, 1.165) is 13.0 Å². The van der Waals surface area contributed by atoms with Crippen molar-refractivity contribution in [3.05, 3.63) is 23.8 Å². The topological polar surface area (TPSA) is 73.6 Å². The number of methoxy groups -OCH3 is 1. The standard InChI is InChI=1S/C15H24N2O3/c1-11(2)10-20-9-5-8-17-15(18)14-12(16)6-4-7-13(14)19-3/h4,6-7,11H,5,8-10,16H2,1-3H3,(H,17,18). The Morgan fingerprint density at radius 3 is 2.80 bits per heavy atom. The quantitative estimate of drug-likeness (QED) is 0.565. The minimum Gasteiger partial charge on any atom is -0.496 e. The summed E-state index contributed by atoms with van der Waals surface area (Å²) in [4.78, 5) is 12.1. The maximum atomic E-state index is 12.1. The fraction of sp³-hybridized carbons (Fsp3) is 0.533. The summed E-state index contributed by atoms with van der Waals surface area (Å²) in [6, 6.07) is 5.16. The van der Waals surface area contributed by atoms with E-state index in [2.05, 4.69) is 19.2 Å². The largest absolute Gasteiger partial charge is 0.496 e. The summed E-state index contributed by atoms with van der Waals surface area (Å²) < 4.78 is 10.6. The van der Waals surface area contributed by atoms with Crippen LogP contribution >= 0.6 is 0 Å². The number of carbonyl (C=O) groups is 1. The fourth-order valence-electron chi connectivity index (χ4n) is 1.74. The third-order valence-corrected chi connectivity index (χ3v) is 2.71. The van der Waals surface area contributed by atoms with Gasteiger partial charge in [-0.1, -0.05) is 19.9 Å². The summed E-state index contributed by atoms with van der Waals surface area (Å²) in [6.45, 7) is 6.14. The molecule has 1 rings (SSSR count). The van der Waals surface area contributed by atoms with Crippen LogP contribution in [0.2, 0.25) is 0 Å². The molecule has 0 saturated heterocycles. The number of hydrogen-bond acceptors (Lipinski definition) is 4. The molecule has 3 N–H and O–H groups in total. The van der Waals surface area contributed by atoms with Crippen molar-refractivity contribution in [3.8, 4) is 5.75 Å². The van der Waals surface area contributed by atoms with Crippen LogP contribution in [0.15, 0.2) is 18.2 Å². The van der Waals surface area contributed by atoms with Crippen molar-refractivity contribution in [3.63, 3.8) is 0 Å². The zero-order valence-corrected chi connectivity index (χ0v) is 12.4. The number of carbonyl (C=O) groups excluding carboxylic acids is 1. The van der Waals surface area contributed by atoms with Crippen LogP contribution < -0.4 is 15.8 Å². The van der Waals surface area contributed by atoms with Crippen LogP contribution in [0.3, 0.4) is 0 Å². The highest BCUT2D eigenvalue weighted by Gasteiger charge is 2.14. The summed E-state index contributed by atoms with van der Waals surface area (Å²) in [6.07, 6.45) is 0.771. The first-order valence-corrected chi connectivity index (χ1v) is 6.84. The van der Waals surface area contributed by atoms with Crippen molar-refractivity contribution in [1.82, 2.24) is 5.32 Å². The number of nitrogens with one attached hydrogen (secondary N) is 1. The molecule has 5 nitrogen and oxygen atoms in total. The highest BCUT2D eigenvalue weighted by Crippen LogP contribution is 2.23. The summed E-state index contributed by atoms with van der Waals surface area (Å²) in [5.41, 5.74) is 6.62. The normalized spacial score (nSPS) is 10.6. The molecule has 112 valence electrons. The molecule has 1 amide bonds. The lowest BCUT2D eigenvalue weighted by atomic mass is 10.1. The van der Waals surface area contributed by atoms with Gasteiger partial charge in [0.25, 0.3) is 5.91 Å². The Labute approximate surface area is 120 Å². The molecule has 0 bridgehead atoms. The number of nitrogens with two attached hydrogens (primary N) is 1. The minimum atomic E-state index is -0.219. The molecule has 5 heteroatoms. The predicted octanol–water partition coefficient (Wildman–Crippen LogP) is 2.07. The van der Waals surface area contributed by atoms with Crippen LogP contribution in [0.4, 0.5) is 5.69 Å². The highest BCUT2D eigenvalue weighted by molar-refractivity contribution is 6.01. The first-order chi connectivity index (χ1) is 9.56. The molecule has 1 aromatic rings. The van der Waals surface area contributed by atoms with Gasteiger partial charge in [-0.2, -0.15) is 0 Å². The Hall–Kier alpha value is -1.75. The fourth-order valence-corrected chi connectivity index (χ4v) is 1.74. The second-order valence-electron chi connectivity index (χ2n) is 5.00. The number of ether oxygens (including phenoxy) is 2. The zero-order valence-electron chi connectivity index (χ0n) is 12.4. The molecule has 0 fully saturated rings. The summed E-state index contributed by atoms with van der Waals surface area (Å²) >= 11 is 0. The van der Waals surface area contributed by atoms with Gasteiger partial charge in [0.05, 0.1) is 7.11 Å². The monoisotopic (exact) mass is 280 g/mol. The van der Waals surface area contributed by atoms with Gasteiger partial charge in [-0.05, 0) is 24.5 Å². The number of nitrogen functional groups attached to an aromatic ring is 1. The molecule has 0 aliphatic heterocycles. The van der Waals surface area contributed by atoms with Gasteiger partial charge in [-0.3, -0.25) is 4.79 Å². The van der Waals surface area contributed by atoms with E-state index < -0.39 is 0 Å². The van der Waals surface area contributed by atoms with E-state index in [4.69, 9.17) is 15.2 Å². The molecule has 1 aromatic carbocycles. The second-order valence-corrected chi connectivity index (χ2v) is 5.00. The average Bonchev–Trinajstić information content (AvgIpc) is 2.41. The van der Waals surface area contributed by atoms with Gasteiger partial charge in [-0.15, -0.1) is 0 Å². The van der Waals surface area contributed by atoms with Crippen molar-refractivity contribution < 1.29 is 14.3 Å². The molecule has 0 aliphatic rings. The van der Waals surface area contributed by atoms with E-state index in [1.165, 1.54) is 7.11 Å². The molecule has 0 aliphatic carbocycles. The van der Waals surface area contributed by atoms with Crippen LogP contribution in [0.25, 0.3) is 0 Å². The third-order valence-electron chi connectivity index (χ3n) is 2.71. The number of benzene rings is 1. The Bertz CT molecular complexity index is 433. The molecule has 0 aromatic heterocycles. The molecule has 0 saturated carbocycles. The average molecular weight is 280 g/mol. The van der Waals surface area contributed by atoms with Gasteiger partial charge in [0, 0.05) is 25.4 Å². The predicted molar refractivity (Wildman–Crippen MR) is 80.0 cm³/mol. The lowest BCUT2D eigenvalue weighted by Crippen LogP contribution is -2.26. The van der Waals surface area contributed by atoms with Gasteiger partial charge in [0.15, 0.2) is 0 Å². The molecule has 0 heterocycles. The Kier molecular flexibility index (Phi) is 6.87. The van der Waals surface area contributed by atoms with Gasteiger partial charge >= 0.3 is 0 Å². The van der Waals surface area contributed by atoms with Gasteiger partial charge < -0.3 is 20.5 Å². The SMILES string of the molecule is COc1cccc(N)c1C(=O)NCCCOCC(C)C. The first kappa shape index (κ1) is 16.3. The second kappa shape index (κ2) is 8.43. The zero-order chi connectivity index (χ0) is 15.0. The third kappa shape index (κ3) is 5.09. The minimum absolute atomic E-state index is 0.219. The Balaban J connectivity index is 2.40. The maximum absolute atomic E-state index is 12.1. The van der Waals surface area contributed by atoms with Crippen LogP contribution in [-0.4, -0.2) is 32.8 Å². The molecule has 0 radical (unpaired) electrons.